The topological polar surface area (TPSA) is 41.1 Å². The van der Waals surface area contributed by atoms with Crippen molar-refractivity contribution in [1.82, 2.24) is 5.32 Å². The van der Waals surface area contributed by atoms with Crippen molar-refractivity contribution in [3.63, 3.8) is 0 Å². The van der Waals surface area contributed by atoms with Crippen LogP contribution in [0.15, 0.2) is 12.6 Å². The molecule has 4 heteroatoms. The molecule has 0 spiro atoms. The Hall–Kier alpha value is -1.29. The number of carbonyl (C=O) groups excluding carboxylic acids is 1. The first-order valence-electron chi connectivity index (χ1n) is 3.54. The molecule has 0 unspecified atom stereocenters. The minimum atomic E-state index is -0.200. The van der Waals surface area contributed by atoms with Gasteiger partial charge in [0.15, 0.2) is 0 Å². The molecule has 1 aromatic heterocycles. The van der Waals surface area contributed by atoms with Gasteiger partial charge < -0.3 is 5.32 Å². The van der Waals surface area contributed by atoms with Gasteiger partial charge in [0.2, 0.25) is 0 Å². The largest absolute Gasteiger partial charge is 0.324 e. The fraction of sp³-hybridized carbons (Fsp3) is 0.125. The van der Waals surface area contributed by atoms with E-state index in [1.54, 1.807) is 11.3 Å². The quantitative estimate of drug-likeness (QED) is 0.631. The molecule has 2 heterocycles. The van der Waals surface area contributed by atoms with Gasteiger partial charge in [-0.25, -0.2) is 4.79 Å². The molecule has 0 radical (unpaired) electrons. The Morgan fingerprint density at radius 1 is 1.50 bits per heavy atom. The second-order valence-electron chi connectivity index (χ2n) is 2.66. The van der Waals surface area contributed by atoms with Gasteiger partial charge in [0.05, 0.1) is 0 Å². The van der Waals surface area contributed by atoms with E-state index in [1.807, 2.05) is 13.0 Å². The number of thiophene rings is 1. The summed E-state index contributed by atoms with van der Waals surface area (Å²) in [5.74, 6) is 0. The minimum absolute atomic E-state index is 0.200. The van der Waals surface area contributed by atoms with Crippen LogP contribution in [0.4, 0.5) is 9.80 Å². The van der Waals surface area contributed by atoms with Crippen molar-refractivity contribution in [2.45, 2.75) is 6.92 Å². The van der Waals surface area contributed by atoms with Gasteiger partial charge in [0, 0.05) is 16.1 Å². The van der Waals surface area contributed by atoms with E-state index in [4.69, 9.17) is 0 Å². The van der Waals surface area contributed by atoms with Crippen LogP contribution in [0.2, 0.25) is 0 Å². The maximum atomic E-state index is 11.0. The average molecular weight is 180 g/mol. The van der Waals surface area contributed by atoms with E-state index in [-0.39, 0.29) is 6.03 Å². The molecule has 1 aliphatic rings. The van der Waals surface area contributed by atoms with Crippen LogP contribution in [0.25, 0.3) is 5.70 Å². The van der Waals surface area contributed by atoms with Crippen LogP contribution in [0.3, 0.4) is 0 Å². The zero-order chi connectivity index (χ0) is 8.72. The van der Waals surface area contributed by atoms with E-state index in [0.29, 0.717) is 5.70 Å². The molecule has 0 aromatic carbocycles. The molecular weight excluding hydrogens is 172 g/mol. The Labute approximate surface area is 74.1 Å². The number of amides is 2. The third-order valence-corrected chi connectivity index (χ3v) is 2.64. The van der Waals surface area contributed by atoms with Crippen molar-refractivity contribution in [3.8, 4) is 0 Å². The molecule has 0 bridgehead atoms. The monoisotopic (exact) mass is 180 g/mol. The van der Waals surface area contributed by atoms with Gasteiger partial charge in [-0.15, -0.1) is 11.3 Å². The molecule has 2 rings (SSSR count). The number of aryl methyl sites for hydroxylation is 1. The first kappa shape index (κ1) is 7.36. The van der Waals surface area contributed by atoms with Crippen molar-refractivity contribution in [3.05, 3.63) is 23.1 Å². The van der Waals surface area contributed by atoms with E-state index >= 15 is 0 Å². The van der Waals surface area contributed by atoms with Gasteiger partial charge in [0.1, 0.15) is 5.00 Å². The van der Waals surface area contributed by atoms with Crippen molar-refractivity contribution >= 4 is 28.1 Å². The summed E-state index contributed by atoms with van der Waals surface area (Å²) in [4.78, 5) is 12.1. The lowest BCUT2D eigenvalue weighted by Gasteiger charge is -2.15. The molecule has 2 N–H and O–H groups in total. The predicted octanol–water partition coefficient (Wildman–Crippen LogP) is 2.16. The van der Waals surface area contributed by atoms with Crippen LogP contribution in [-0.2, 0) is 0 Å². The fourth-order valence-electron chi connectivity index (χ4n) is 1.17. The summed E-state index contributed by atoms with van der Waals surface area (Å²) in [5.41, 5.74) is 1.68. The van der Waals surface area contributed by atoms with Crippen LogP contribution in [0.1, 0.15) is 10.4 Å². The number of urea groups is 1. The third-order valence-electron chi connectivity index (χ3n) is 1.67. The van der Waals surface area contributed by atoms with Gasteiger partial charge >= 0.3 is 6.03 Å². The number of hydrogen-bond acceptors (Lipinski definition) is 2. The SMILES string of the molecule is C=C1NC(=O)Nc2sc(C)cc21. The minimum Gasteiger partial charge on any atom is -0.308 e. The third kappa shape index (κ3) is 1.00. The van der Waals surface area contributed by atoms with E-state index in [1.165, 1.54) is 4.88 Å². The van der Waals surface area contributed by atoms with Crippen molar-refractivity contribution in [2.75, 3.05) is 5.32 Å². The van der Waals surface area contributed by atoms with Gasteiger partial charge in [-0.1, -0.05) is 6.58 Å². The van der Waals surface area contributed by atoms with Crippen LogP contribution in [0.5, 0.6) is 0 Å². The second kappa shape index (κ2) is 2.35. The number of hydrogen-bond donors (Lipinski definition) is 2. The van der Waals surface area contributed by atoms with E-state index < -0.39 is 0 Å². The summed E-state index contributed by atoms with van der Waals surface area (Å²) in [5, 5.41) is 6.22. The van der Waals surface area contributed by atoms with Crippen LogP contribution in [0, 0.1) is 6.92 Å². The average Bonchev–Trinajstić information content (AvgIpc) is 2.29. The molecule has 2 amide bonds. The van der Waals surface area contributed by atoms with Crippen LogP contribution < -0.4 is 10.6 Å². The predicted molar refractivity (Wildman–Crippen MR) is 50.2 cm³/mol. The van der Waals surface area contributed by atoms with Gasteiger partial charge in [-0.2, -0.15) is 0 Å². The normalized spacial score (nSPS) is 15.1. The van der Waals surface area contributed by atoms with Crippen molar-refractivity contribution in [2.24, 2.45) is 0 Å². The first-order chi connectivity index (χ1) is 5.66. The van der Waals surface area contributed by atoms with Crippen molar-refractivity contribution in [1.29, 1.82) is 0 Å². The lowest BCUT2D eigenvalue weighted by molar-refractivity contribution is 0.255. The van der Waals surface area contributed by atoms with E-state index in [2.05, 4.69) is 17.2 Å². The molecule has 0 fully saturated rings. The maximum absolute atomic E-state index is 11.0. The Morgan fingerprint density at radius 3 is 3.00 bits per heavy atom. The highest BCUT2D eigenvalue weighted by Gasteiger charge is 2.18. The highest BCUT2D eigenvalue weighted by Crippen LogP contribution is 2.33. The lowest BCUT2D eigenvalue weighted by atomic mass is 10.2. The number of anilines is 1. The molecule has 3 nitrogen and oxygen atoms in total. The first-order valence-corrected chi connectivity index (χ1v) is 4.36. The smallest absolute Gasteiger partial charge is 0.308 e. The summed E-state index contributed by atoms with van der Waals surface area (Å²) < 4.78 is 0. The maximum Gasteiger partial charge on any atom is 0.324 e. The second-order valence-corrected chi connectivity index (χ2v) is 3.91. The Kier molecular flexibility index (Phi) is 1.44. The summed E-state index contributed by atoms with van der Waals surface area (Å²) >= 11 is 1.56. The van der Waals surface area contributed by atoms with E-state index in [9.17, 15) is 4.79 Å². The number of carbonyl (C=O) groups is 1. The summed E-state index contributed by atoms with van der Waals surface area (Å²) in [6, 6.07) is 1.81. The summed E-state index contributed by atoms with van der Waals surface area (Å²) in [7, 11) is 0. The Bertz CT molecular complexity index is 367. The molecule has 0 aliphatic carbocycles. The summed E-state index contributed by atoms with van der Waals surface area (Å²) in [6.45, 7) is 5.76. The molecule has 0 saturated heterocycles. The van der Waals surface area contributed by atoms with Gasteiger partial charge in [-0.05, 0) is 13.0 Å². The zero-order valence-electron chi connectivity index (χ0n) is 6.60. The molecular formula is C8H8N2OS. The fourth-order valence-corrected chi connectivity index (χ4v) is 2.10. The highest BCUT2D eigenvalue weighted by atomic mass is 32.1. The van der Waals surface area contributed by atoms with E-state index in [0.717, 1.165) is 10.6 Å². The highest BCUT2D eigenvalue weighted by molar-refractivity contribution is 7.16. The van der Waals surface area contributed by atoms with Gasteiger partial charge in [0.25, 0.3) is 0 Å². The molecule has 62 valence electrons. The number of fused-ring (bicyclic) bond motifs is 1. The van der Waals surface area contributed by atoms with Crippen LogP contribution >= 0.6 is 11.3 Å². The summed E-state index contributed by atoms with van der Waals surface area (Å²) in [6.07, 6.45) is 0. The number of rotatable bonds is 0. The van der Waals surface area contributed by atoms with Gasteiger partial charge in [-0.3, -0.25) is 5.32 Å². The Morgan fingerprint density at radius 2 is 2.25 bits per heavy atom. The standard InChI is InChI=1S/C8H8N2OS/c1-4-3-6-5(2)9-8(11)10-7(6)12-4/h3H,2H2,1H3,(H2,9,10,11). The molecule has 0 atom stereocenters. The molecule has 12 heavy (non-hydrogen) atoms. The molecule has 1 aliphatic heterocycles. The number of nitrogens with one attached hydrogen (secondary N) is 2. The molecule has 0 saturated carbocycles. The van der Waals surface area contributed by atoms with Crippen LogP contribution in [-0.4, -0.2) is 6.03 Å². The zero-order valence-corrected chi connectivity index (χ0v) is 7.42. The molecule has 1 aromatic rings. The lowest BCUT2D eigenvalue weighted by Crippen LogP contribution is -2.30. The van der Waals surface area contributed by atoms with Crippen molar-refractivity contribution < 1.29 is 4.79 Å². The Balaban J connectivity index is 2.53.